The van der Waals surface area contributed by atoms with Crippen LogP contribution in [0.3, 0.4) is 0 Å². The van der Waals surface area contributed by atoms with E-state index in [1.165, 1.54) is 24.3 Å². The summed E-state index contributed by atoms with van der Waals surface area (Å²) in [7, 11) is -4.16. The van der Waals surface area contributed by atoms with E-state index in [9.17, 15) is 28.4 Å². The van der Waals surface area contributed by atoms with Gasteiger partial charge >= 0.3 is 11.7 Å². The molecule has 0 aliphatic rings. The van der Waals surface area contributed by atoms with Gasteiger partial charge in [-0.1, -0.05) is 6.07 Å². The van der Waals surface area contributed by atoms with E-state index < -0.39 is 37.2 Å². The maximum atomic E-state index is 12.4. The Bertz CT molecular complexity index is 925. The van der Waals surface area contributed by atoms with Crippen LogP contribution in [0.2, 0.25) is 0 Å². The van der Waals surface area contributed by atoms with Crippen molar-refractivity contribution in [3.05, 3.63) is 58.1 Å². The number of rotatable bonds is 6. The summed E-state index contributed by atoms with van der Waals surface area (Å²) in [5.74, 6) is -1.25. The summed E-state index contributed by atoms with van der Waals surface area (Å²) in [4.78, 5) is 21.2. The summed E-state index contributed by atoms with van der Waals surface area (Å²) >= 11 is 0. The largest absolute Gasteiger partial charge is 0.502 e. The van der Waals surface area contributed by atoms with Crippen molar-refractivity contribution >= 4 is 27.4 Å². The average molecular weight is 366 g/mol. The number of nitrogens with one attached hydrogen (secondary N) is 1. The Kier molecular flexibility index (Phi) is 5.22. The van der Waals surface area contributed by atoms with Gasteiger partial charge in [0.25, 0.3) is 10.0 Å². The molecule has 9 nitrogen and oxygen atoms in total. The number of aromatic hydroxyl groups is 1. The molecular weight excluding hydrogens is 352 g/mol. The molecule has 10 heteroatoms. The normalized spacial score (nSPS) is 10.9. The molecule has 0 atom stereocenters. The summed E-state index contributed by atoms with van der Waals surface area (Å²) in [5.41, 5.74) is -0.497. The van der Waals surface area contributed by atoms with Gasteiger partial charge in [-0.05, 0) is 37.3 Å². The number of sulfonamides is 1. The van der Waals surface area contributed by atoms with Gasteiger partial charge in [0.1, 0.15) is 0 Å². The predicted octanol–water partition coefficient (Wildman–Crippen LogP) is 2.28. The van der Waals surface area contributed by atoms with E-state index in [1.807, 2.05) is 0 Å². The van der Waals surface area contributed by atoms with Gasteiger partial charge in [-0.3, -0.25) is 14.8 Å². The van der Waals surface area contributed by atoms with Crippen LogP contribution >= 0.6 is 0 Å². The smallest absolute Gasteiger partial charge is 0.338 e. The zero-order chi connectivity index (χ0) is 18.6. The van der Waals surface area contributed by atoms with E-state index in [1.54, 1.807) is 6.92 Å². The van der Waals surface area contributed by atoms with Crippen molar-refractivity contribution in [2.45, 2.75) is 11.8 Å². The highest BCUT2D eigenvalue weighted by atomic mass is 32.2. The van der Waals surface area contributed by atoms with E-state index in [0.717, 1.165) is 18.2 Å². The summed E-state index contributed by atoms with van der Waals surface area (Å²) in [5, 5.41) is 20.2. The topological polar surface area (TPSA) is 136 Å². The number of nitro groups is 1. The molecule has 0 aromatic heterocycles. The van der Waals surface area contributed by atoms with Crippen molar-refractivity contribution < 1.29 is 28.0 Å². The summed E-state index contributed by atoms with van der Waals surface area (Å²) in [6.45, 7) is 1.81. The van der Waals surface area contributed by atoms with Crippen molar-refractivity contribution in [3.8, 4) is 5.75 Å². The molecular formula is C15H14N2O7S. The Morgan fingerprint density at radius 3 is 2.64 bits per heavy atom. The Balaban J connectivity index is 2.33. The summed E-state index contributed by atoms with van der Waals surface area (Å²) < 4.78 is 31.8. The third-order valence-electron chi connectivity index (χ3n) is 3.08. The second kappa shape index (κ2) is 7.18. The lowest BCUT2D eigenvalue weighted by atomic mass is 10.2. The molecule has 2 N–H and O–H groups in total. The van der Waals surface area contributed by atoms with Crippen LogP contribution in [-0.4, -0.2) is 31.0 Å². The molecule has 0 heterocycles. The first-order valence-electron chi connectivity index (χ1n) is 7.02. The van der Waals surface area contributed by atoms with Gasteiger partial charge in [0, 0.05) is 11.8 Å². The maximum absolute atomic E-state index is 12.4. The fourth-order valence-corrected chi connectivity index (χ4v) is 3.02. The SMILES string of the molecule is CCOC(=O)c1cccc(NS(=O)(=O)c2ccc(O)c([N+](=O)[O-])c2)c1. The minimum Gasteiger partial charge on any atom is -0.502 e. The van der Waals surface area contributed by atoms with Gasteiger partial charge in [0.15, 0.2) is 5.75 Å². The van der Waals surface area contributed by atoms with Crippen LogP contribution in [0.1, 0.15) is 17.3 Å². The highest BCUT2D eigenvalue weighted by Crippen LogP contribution is 2.29. The van der Waals surface area contributed by atoms with E-state index in [0.29, 0.717) is 0 Å². The Morgan fingerprint density at radius 2 is 2.00 bits per heavy atom. The lowest BCUT2D eigenvalue weighted by Crippen LogP contribution is -2.14. The molecule has 2 aromatic rings. The fourth-order valence-electron chi connectivity index (χ4n) is 1.95. The number of esters is 1. The Morgan fingerprint density at radius 1 is 1.28 bits per heavy atom. The number of carbonyl (C=O) groups is 1. The molecule has 0 saturated heterocycles. The van der Waals surface area contributed by atoms with Crippen molar-refractivity contribution in [2.24, 2.45) is 0 Å². The molecule has 0 aliphatic heterocycles. The van der Waals surface area contributed by atoms with Crippen molar-refractivity contribution in [1.82, 2.24) is 0 Å². The summed E-state index contributed by atoms with van der Waals surface area (Å²) in [6.07, 6.45) is 0. The zero-order valence-electron chi connectivity index (χ0n) is 13.0. The van der Waals surface area contributed by atoms with Crippen LogP contribution in [0.5, 0.6) is 5.75 Å². The monoisotopic (exact) mass is 366 g/mol. The first kappa shape index (κ1) is 18.2. The third kappa shape index (κ3) is 4.23. The Hall–Kier alpha value is -3.14. The molecule has 0 amide bonds. The molecule has 0 bridgehead atoms. The number of benzene rings is 2. The van der Waals surface area contributed by atoms with Gasteiger partial charge in [-0.15, -0.1) is 0 Å². The molecule has 25 heavy (non-hydrogen) atoms. The number of phenolic OH excluding ortho intramolecular Hbond substituents is 1. The van der Waals surface area contributed by atoms with E-state index >= 15 is 0 Å². The minimum atomic E-state index is -4.16. The predicted molar refractivity (Wildman–Crippen MR) is 88.0 cm³/mol. The number of anilines is 1. The lowest BCUT2D eigenvalue weighted by Gasteiger charge is -2.09. The zero-order valence-corrected chi connectivity index (χ0v) is 13.8. The van der Waals surface area contributed by atoms with Crippen molar-refractivity contribution in [2.75, 3.05) is 11.3 Å². The van der Waals surface area contributed by atoms with Gasteiger partial charge in [-0.2, -0.15) is 0 Å². The van der Waals surface area contributed by atoms with Crippen LogP contribution in [0.4, 0.5) is 11.4 Å². The molecule has 0 radical (unpaired) electrons. The molecule has 0 spiro atoms. The van der Waals surface area contributed by atoms with Crippen LogP contribution in [0.15, 0.2) is 47.4 Å². The molecule has 0 fully saturated rings. The molecule has 0 aliphatic carbocycles. The standard InChI is InChI=1S/C15H14N2O7S/c1-2-24-15(19)10-4-3-5-11(8-10)16-25(22,23)12-6-7-14(18)13(9-12)17(20)21/h3-9,16,18H,2H2,1H3. The second-order valence-corrected chi connectivity index (χ2v) is 6.50. The number of nitro benzene ring substituents is 1. The van der Waals surface area contributed by atoms with Crippen molar-refractivity contribution in [3.63, 3.8) is 0 Å². The maximum Gasteiger partial charge on any atom is 0.338 e. The van der Waals surface area contributed by atoms with Gasteiger partial charge < -0.3 is 9.84 Å². The quantitative estimate of drug-likeness (QED) is 0.454. The number of phenols is 1. The molecule has 0 saturated carbocycles. The number of hydrogen-bond acceptors (Lipinski definition) is 7. The first-order chi connectivity index (χ1) is 11.7. The third-order valence-corrected chi connectivity index (χ3v) is 4.46. The molecule has 2 rings (SSSR count). The highest BCUT2D eigenvalue weighted by molar-refractivity contribution is 7.92. The van der Waals surface area contributed by atoms with Crippen LogP contribution in [-0.2, 0) is 14.8 Å². The Labute approximate surface area is 143 Å². The molecule has 132 valence electrons. The minimum absolute atomic E-state index is 0.0845. The van der Waals surface area contributed by atoms with Gasteiger partial charge in [0.05, 0.1) is 22.0 Å². The van der Waals surface area contributed by atoms with Gasteiger partial charge in [-0.25, -0.2) is 13.2 Å². The lowest BCUT2D eigenvalue weighted by molar-refractivity contribution is -0.386. The van der Waals surface area contributed by atoms with E-state index in [4.69, 9.17) is 4.74 Å². The first-order valence-corrected chi connectivity index (χ1v) is 8.50. The van der Waals surface area contributed by atoms with Crippen LogP contribution in [0.25, 0.3) is 0 Å². The molecule has 2 aromatic carbocycles. The second-order valence-electron chi connectivity index (χ2n) is 4.81. The number of carbonyl (C=O) groups excluding carboxylic acids is 1. The number of ether oxygens (including phenoxy) is 1. The van der Waals surface area contributed by atoms with E-state index in [-0.39, 0.29) is 17.9 Å². The molecule has 0 unspecified atom stereocenters. The van der Waals surface area contributed by atoms with Crippen LogP contribution in [0, 0.1) is 10.1 Å². The number of nitrogens with zero attached hydrogens (tertiary/aromatic N) is 1. The highest BCUT2D eigenvalue weighted by Gasteiger charge is 2.21. The summed E-state index contributed by atoms with van der Waals surface area (Å²) in [6, 6.07) is 8.30. The van der Waals surface area contributed by atoms with Crippen molar-refractivity contribution in [1.29, 1.82) is 0 Å². The number of hydrogen-bond donors (Lipinski definition) is 2. The average Bonchev–Trinajstić information content (AvgIpc) is 2.54. The van der Waals surface area contributed by atoms with Crippen LogP contribution < -0.4 is 4.72 Å². The fraction of sp³-hybridized carbons (Fsp3) is 0.133. The van der Waals surface area contributed by atoms with Gasteiger partial charge in [0.2, 0.25) is 0 Å². The van der Waals surface area contributed by atoms with E-state index in [2.05, 4.69) is 4.72 Å².